The summed E-state index contributed by atoms with van der Waals surface area (Å²) >= 11 is 0. The van der Waals surface area contributed by atoms with Gasteiger partial charge in [0.1, 0.15) is 11.6 Å². The van der Waals surface area contributed by atoms with E-state index >= 15 is 0 Å². The van der Waals surface area contributed by atoms with Crippen molar-refractivity contribution in [3.8, 4) is 16.9 Å². The molecule has 0 aliphatic carbocycles. The monoisotopic (exact) mass is 424 g/mol. The summed E-state index contributed by atoms with van der Waals surface area (Å²) in [6, 6.07) is 24.1. The Labute approximate surface area is 184 Å². The normalized spacial score (nSPS) is 11.1. The third kappa shape index (κ3) is 3.76. The lowest BCUT2D eigenvalue weighted by Gasteiger charge is -2.09. The molecule has 2 aromatic heterocycles. The lowest BCUT2D eigenvalue weighted by Crippen LogP contribution is -2.05. The number of aromatic nitrogens is 4. The van der Waals surface area contributed by atoms with Crippen molar-refractivity contribution in [2.24, 2.45) is 0 Å². The summed E-state index contributed by atoms with van der Waals surface area (Å²) in [5.74, 6) is 0.451. The van der Waals surface area contributed by atoms with E-state index in [-0.39, 0.29) is 5.82 Å². The van der Waals surface area contributed by atoms with Gasteiger partial charge in [-0.15, -0.1) is 5.10 Å². The molecule has 0 amide bonds. The summed E-state index contributed by atoms with van der Waals surface area (Å²) in [5, 5.41) is 8.49. The number of hydrogen-bond acceptors (Lipinski definition) is 5. The zero-order valence-electron chi connectivity index (χ0n) is 17.5. The van der Waals surface area contributed by atoms with Crippen molar-refractivity contribution in [3.05, 3.63) is 95.8 Å². The Kier molecular flexibility index (Phi) is 4.99. The van der Waals surface area contributed by atoms with Crippen LogP contribution >= 0.6 is 0 Å². The molecule has 3 aromatic carbocycles. The van der Waals surface area contributed by atoms with Crippen LogP contribution in [0.5, 0.6) is 0 Å². The number of fused-ring (bicyclic) bond motifs is 1. The fourth-order valence-electron chi connectivity index (χ4n) is 3.67. The third-order valence-corrected chi connectivity index (χ3v) is 5.21. The largest absolute Gasteiger partial charge is 0.383 e. The summed E-state index contributed by atoms with van der Waals surface area (Å²) < 4.78 is 15.7. The maximum Gasteiger partial charge on any atom is 0.225 e. The molecule has 5 rings (SSSR count). The minimum Gasteiger partial charge on any atom is -0.383 e. The Hall–Kier alpha value is -4.26. The van der Waals surface area contributed by atoms with E-state index in [1.165, 1.54) is 12.1 Å². The second-order valence-electron chi connectivity index (χ2n) is 7.58. The smallest absolute Gasteiger partial charge is 0.225 e. The van der Waals surface area contributed by atoms with Crippen LogP contribution in [0, 0.1) is 12.7 Å². The standard InChI is InChI=1S/C25H21FN6/c1-16-7-5-12-20(13-16)32-23(27)21-22(18-10-6-11-19(26)14-18)29-25(30-24(21)31-32)28-15-17-8-3-2-4-9-17/h2-14H,15,27H2,1H3,(H,28,30,31). The molecule has 6 nitrogen and oxygen atoms in total. The predicted octanol–water partition coefficient (Wildman–Crippen LogP) is 5.12. The maximum atomic E-state index is 14.0. The topological polar surface area (TPSA) is 81.7 Å². The molecule has 2 heterocycles. The van der Waals surface area contributed by atoms with Gasteiger partial charge in [-0.1, -0.05) is 54.6 Å². The molecule has 5 aromatic rings. The maximum absolute atomic E-state index is 14.0. The Morgan fingerprint density at radius 3 is 2.53 bits per heavy atom. The van der Waals surface area contributed by atoms with Gasteiger partial charge < -0.3 is 11.1 Å². The molecule has 0 unspecified atom stereocenters. The van der Waals surface area contributed by atoms with E-state index in [4.69, 9.17) is 10.7 Å². The summed E-state index contributed by atoms with van der Waals surface area (Å²) in [7, 11) is 0. The van der Waals surface area contributed by atoms with E-state index in [2.05, 4.69) is 15.4 Å². The zero-order chi connectivity index (χ0) is 22.1. The molecule has 0 aliphatic rings. The number of aryl methyl sites for hydroxylation is 1. The number of halogens is 1. The number of anilines is 2. The van der Waals surface area contributed by atoms with Gasteiger partial charge >= 0.3 is 0 Å². The van der Waals surface area contributed by atoms with Crippen LogP contribution in [0.2, 0.25) is 0 Å². The van der Waals surface area contributed by atoms with Crippen LogP contribution in [0.3, 0.4) is 0 Å². The van der Waals surface area contributed by atoms with E-state index in [0.29, 0.717) is 40.6 Å². The van der Waals surface area contributed by atoms with Gasteiger partial charge in [-0.25, -0.2) is 14.1 Å². The number of rotatable bonds is 5. The first-order valence-electron chi connectivity index (χ1n) is 10.3. The molecule has 0 aliphatic heterocycles. The molecule has 3 N–H and O–H groups in total. The van der Waals surface area contributed by atoms with Crippen LogP contribution in [0.25, 0.3) is 28.0 Å². The highest BCUT2D eigenvalue weighted by Crippen LogP contribution is 2.33. The average molecular weight is 424 g/mol. The van der Waals surface area contributed by atoms with Crippen LogP contribution in [0.15, 0.2) is 78.9 Å². The molecule has 0 radical (unpaired) electrons. The SMILES string of the molecule is Cc1cccc(-n2nc3nc(NCc4ccccc4)nc(-c4cccc(F)c4)c3c2N)c1. The molecule has 0 saturated carbocycles. The quantitative estimate of drug-likeness (QED) is 0.409. The van der Waals surface area contributed by atoms with E-state index in [1.54, 1.807) is 16.8 Å². The summed E-state index contributed by atoms with van der Waals surface area (Å²) in [6.45, 7) is 2.55. The summed E-state index contributed by atoms with van der Waals surface area (Å²) in [4.78, 5) is 9.29. The molecule has 0 bridgehead atoms. The summed E-state index contributed by atoms with van der Waals surface area (Å²) in [5.41, 5.74) is 11.1. The van der Waals surface area contributed by atoms with Crippen molar-refractivity contribution >= 4 is 22.8 Å². The van der Waals surface area contributed by atoms with Crippen LogP contribution < -0.4 is 11.1 Å². The highest BCUT2D eigenvalue weighted by atomic mass is 19.1. The molecule has 7 heteroatoms. The van der Waals surface area contributed by atoms with Crippen molar-refractivity contribution in [2.75, 3.05) is 11.1 Å². The number of benzene rings is 3. The highest BCUT2D eigenvalue weighted by molar-refractivity contribution is 5.99. The van der Waals surface area contributed by atoms with E-state index in [0.717, 1.165) is 16.8 Å². The molecule has 32 heavy (non-hydrogen) atoms. The minimum absolute atomic E-state index is 0.349. The fraction of sp³-hybridized carbons (Fsp3) is 0.0800. The minimum atomic E-state index is -0.349. The van der Waals surface area contributed by atoms with Gasteiger partial charge in [0.25, 0.3) is 0 Å². The number of nitrogens with one attached hydrogen (secondary N) is 1. The second-order valence-corrected chi connectivity index (χ2v) is 7.58. The van der Waals surface area contributed by atoms with Crippen molar-refractivity contribution in [3.63, 3.8) is 0 Å². The van der Waals surface area contributed by atoms with Crippen LogP contribution in [0.4, 0.5) is 16.2 Å². The Morgan fingerprint density at radius 1 is 0.938 bits per heavy atom. The third-order valence-electron chi connectivity index (χ3n) is 5.21. The van der Waals surface area contributed by atoms with Gasteiger partial charge in [0.2, 0.25) is 5.95 Å². The van der Waals surface area contributed by atoms with Crippen molar-refractivity contribution in [1.82, 2.24) is 19.7 Å². The molecule has 0 fully saturated rings. The van der Waals surface area contributed by atoms with E-state index in [9.17, 15) is 4.39 Å². The second kappa shape index (κ2) is 8.11. The lowest BCUT2D eigenvalue weighted by molar-refractivity contribution is 0.628. The van der Waals surface area contributed by atoms with Gasteiger partial charge in [0.15, 0.2) is 5.65 Å². The van der Waals surface area contributed by atoms with Crippen molar-refractivity contribution in [2.45, 2.75) is 13.5 Å². The molecular formula is C25H21FN6. The summed E-state index contributed by atoms with van der Waals surface area (Å²) in [6.07, 6.45) is 0. The van der Waals surface area contributed by atoms with Crippen LogP contribution in [0.1, 0.15) is 11.1 Å². The Morgan fingerprint density at radius 2 is 1.75 bits per heavy atom. The van der Waals surface area contributed by atoms with Crippen LogP contribution in [-0.2, 0) is 6.54 Å². The average Bonchev–Trinajstić information content (AvgIpc) is 3.14. The van der Waals surface area contributed by atoms with Gasteiger partial charge in [-0.3, -0.25) is 0 Å². The molecule has 0 spiro atoms. The first kappa shape index (κ1) is 19.7. The molecular weight excluding hydrogens is 403 g/mol. The number of nitrogen functional groups attached to an aromatic ring is 1. The lowest BCUT2D eigenvalue weighted by atomic mass is 10.1. The predicted molar refractivity (Wildman–Crippen MR) is 125 cm³/mol. The van der Waals surface area contributed by atoms with Gasteiger partial charge in [-0.2, -0.15) is 4.98 Å². The molecule has 158 valence electrons. The number of nitrogens with two attached hydrogens (primary N) is 1. The van der Waals surface area contributed by atoms with Crippen molar-refractivity contribution < 1.29 is 4.39 Å². The van der Waals surface area contributed by atoms with Gasteiger partial charge in [0.05, 0.1) is 16.8 Å². The Balaban J connectivity index is 1.66. The van der Waals surface area contributed by atoms with Crippen LogP contribution in [-0.4, -0.2) is 19.7 Å². The molecule has 0 saturated heterocycles. The first-order valence-corrected chi connectivity index (χ1v) is 10.3. The van der Waals surface area contributed by atoms with Gasteiger partial charge in [-0.05, 0) is 42.3 Å². The number of hydrogen-bond donors (Lipinski definition) is 2. The highest BCUT2D eigenvalue weighted by Gasteiger charge is 2.19. The zero-order valence-corrected chi connectivity index (χ0v) is 17.5. The number of nitrogens with zero attached hydrogens (tertiary/aromatic N) is 4. The molecule has 0 atom stereocenters. The van der Waals surface area contributed by atoms with E-state index in [1.807, 2.05) is 61.5 Å². The van der Waals surface area contributed by atoms with Gasteiger partial charge in [0, 0.05) is 12.1 Å². The fourth-order valence-corrected chi connectivity index (χ4v) is 3.67. The first-order chi connectivity index (χ1) is 15.6. The van der Waals surface area contributed by atoms with Crippen molar-refractivity contribution in [1.29, 1.82) is 0 Å². The Bertz CT molecular complexity index is 1410. The van der Waals surface area contributed by atoms with E-state index < -0.39 is 0 Å².